The van der Waals surface area contributed by atoms with Crippen LogP contribution in [-0.2, 0) is 16.1 Å². The number of carbonyl (C=O) groups excluding carboxylic acids is 2. The molecule has 0 spiro atoms. The van der Waals surface area contributed by atoms with E-state index < -0.39 is 0 Å². The lowest BCUT2D eigenvalue weighted by atomic mass is 10.2. The summed E-state index contributed by atoms with van der Waals surface area (Å²) in [4.78, 5) is 30.2. The fraction of sp³-hybridized carbons (Fsp3) is 0.500. The molecule has 0 unspecified atom stereocenters. The monoisotopic (exact) mass is 395 g/mol. The molecule has 2 aliphatic rings. The van der Waals surface area contributed by atoms with Crippen molar-refractivity contribution in [3.05, 3.63) is 47.7 Å². The maximum absolute atomic E-state index is 12.6. The largest absolute Gasteiger partial charge is 0.390 e. The molecule has 2 saturated heterocycles. The maximum atomic E-state index is 12.6. The summed E-state index contributed by atoms with van der Waals surface area (Å²) in [6, 6.07) is 12.3. The first kappa shape index (κ1) is 20.9. The van der Waals surface area contributed by atoms with E-state index in [1.165, 1.54) is 11.8 Å². The minimum atomic E-state index is -0.214. The molecule has 2 aliphatic heterocycles. The average molecular weight is 396 g/mol. The Hall–Kier alpha value is -2.85. The Bertz CT molecular complexity index is 763. The SMILES string of the molecule is N#C/C(=C/NCCCN1CCCC1=O)C(=O)N1CCN(Cc2ccccc2)CC1. The Labute approximate surface area is 172 Å². The average Bonchev–Trinajstić information content (AvgIpc) is 3.16. The van der Waals surface area contributed by atoms with E-state index in [2.05, 4.69) is 22.3 Å². The van der Waals surface area contributed by atoms with E-state index in [0.717, 1.165) is 45.6 Å². The Kier molecular flexibility index (Phi) is 7.65. The molecule has 0 bridgehead atoms. The van der Waals surface area contributed by atoms with E-state index >= 15 is 0 Å². The van der Waals surface area contributed by atoms with Crippen LogP contribution in [0.25, 0.3) is 0 Å². The summed E-state index contributed by atoms with van der Waals surface area (Å²) in [5, 5.41) is 12.4. The van der Waals surface area contributed by atoms with Gasteiger partial charge in [-0.15, -0.1) is 0 Å². The molecular formula is C22H29N5O2. The number of hydrogen-bond donors (Lipinski definition) is 1. The van der Waals surface area contributed by atoms with E-state index in [1.807, 2.05) is 29.2 Å². The molecule has 1 aromatic carbocycles. The third-order valence-electron chi connectivity index (χ3n) is 5.43. The van der Waals surface area contributed by atoms with Crippen molar-refractivity contribution in [3.8, 4) is 6.07 Å². The topological polar surface area (TPSA) is 79.7 Å². The molecule has 154 valence electrons. The molecule has 2 fully saturated rings. The molecular weight excluding hydrogens is 366 g/mol. The smallest absolute Gasteiger partial charge is 0.266 e. The second-order valence-corrected chi connectivity index (χ2v) is 7.52. The van der Waals surface area contributed by atoms with Crippen LogP contribution in [0.15, 0.2) is 42.1 Å². The first-order valence-corrected chi connectivity index (χ1v) is 10.3. The van der Waals surface area contributed by atoms with Crippen molar-refractivity contribution in [2.45, 2.75) is 25.8 Å². The van der Waals surface area contributed by atoms with Crippen LogP contribution in [0.3, 0.4) is 0 Å². The van der Waals surface area contributed by atoms with Crippen molar-refractivity contribution >= 4 is 11.8 Å². The summed E-state index contributed by atoms with van der Waals surface area (Å²) >= 11 is 0. The molecule has 0 aliphatic carbocycles. The number of piperazine rings is 1. The lowest BCUT2D eigenvalue weighted by Gasteiger charge is -2.34. The van der Waals surface area contributed by atoms with Gasteiger partial charge in [0.05, 0.1) is 0 Å². The molecule has 0 aromatic heterocycles. The Morgan fingerprint density at radius 3 is 2.55 bits per heavy atom. The Morgan fingerprint density at radius 2 is 1.90 bits per heavy atom. The van der Waals surface area contributed by atoms with Gasteiger partial charge in [0, 0.05) is 65.0 Å². The molecule has 0 radical (unpaired) electrons. The highest BCUT2D eigenvalue weighted by atomic mass is 16.2. The molecule has 7 heteroatoms. The summed E-state index contributed by atoms with van der Waals surface area (Å²) < 4.78 is 0. The van der Waals surface area contributed by atoms with Crippen LogP contribution >= 0.6 is 0 Å². The summed E-state index contributed by atoms with van der Waals surface area (Å²) in [5.41, 5.74) is 1.41. The van der Waals surface area contributed by atoms with E-state index in [-0.39, 0.29) is 17.4 Å². The molecule has 7 nitrogen and oxygen atoms in total. The highest BCUT2D eigenvalue weighted by molar-refractivity contribution is 5.97. The molecule has 0 saturated carbocycles. The van der Waals surface area contributed by atoms with Crippen LogP contribution in [0.2, 0.25) is 0 Å². The van der Waals surface area contributed by atoms with E-state index in [9.17, 15) is 14.9 Å². The molecule has 29 heavy (non-hydrogen) atoms. The van der Waals surface area contributed by atoms with Crippen molar-refractivity contribution < 1.29 is 9.59 Å². The van der Waals surface area contributed by atoms with Crippen LogP contribution in [0.5, 0.6) is 0 Å². The van der Waals surface area contributed by atoms with Gasteiger partial charge in [0.1, 0.15) is 11.6 Å². The first-order chi connectivity index (χ1) is 14.2. The van der Waals surface area contributed by atoms with Crippen LogP contribution in [0.1, 0.15) is 24.8 Å². The minimum Gasteiger partial charge on any atom is -0.390 e. The molecule has 0 atom stereocenters. The summed E-state index contributed by atoms with van der Waals surface area (Å²) in [6.45, 7) is 5.93. The zero-order chi connectivity index (χ0) is 20.5. The number of nitriles is 1. The van der Waals surface area contributed by atoms with Gasteiger partial charge in [-0.3, -0.25) is 14.5 Å². The molecule has 1 aromatic rings. The van der Waals surface area contributed by atoms with Crippen LogP contribution in [0, 0.1) is 11.3 Å². The van der Waals surface area contributed by atoms with Crippen LogP contribution in [-0.4, -0.2) is 72.3 Å². The maximum Gasteiger partial charge on any atom is 0.266 e. The highest BCUT2D eigenvalue weighted by Gasteiger charge is 2.23. The third-order valence-corrected chi connectivity index (χ3v) is 5.43. The summed E-state index contributed by atoms with van der Waals surface area (Å²) in [5.74, 6) is 0.00826. The summed E-state index contributed by atoms with van der Waals surface area (Å²) in [6.07, 6.45) is 3.91. The lowest BCUT2D eigenvalue weighted by Crippen LogP contribution is -2.48. The van der Waals surface area contributed by atoms with Crippen molar-refractivity contribution in [3.63, 3.8) is 0 Å². The standard InChI is InChI=1S/C22H29N5O2/c23-16-20(17-24-9-5-11-26-10-4-8-21(26)28)22(29)27-14-12-25(13-15-27)18-19-6-2-1-3-7-19/h1-3,6-7,17,24H,4-5,8-15,18H2/b20-17-. The molecule has 3 rings (SSSR count). The number of rotatable bonds is 8. The van der Waals surface area contributed by atoms with Gasteiger partial charge in [-0.05, 0) is 18.4 Å². The number of likely N-dealkylation sites (tertiary alicyclic amines) is 1. The number of amides is 2. The predicted molar refractivity (Wildman–Crippen MR) is 110 cm³/mol. The molecule has 2 heterocycles. The number of nitrogens with one attached hydrogen (secondary N) is 1. The quantitative estimate of drug-likeness (QED) is 0.408. The minimum absolute atomic E-state index is 0.138. The molecule has 2 amide bonds. The number of hydrogen-bond acceptors (Lipinski definition) is 5. The van der Waals surface area contributed by atoms with Gasteiger partial charge < -0.3 is 15.1 Å². The number of carbonyl (C=O) groups is 2. The van der Waals surface area contributed by atoms with E-state index in [0.29, 0.717) is 26.1 Å². The number of nitrogens with zero attached hydrogens (tertiary/aromatic N) is 4. The van der Waals surface area contributed by atoms with E-state index in [4.69, 9.17) is 0 Å². The van der Waals surface area contributed by atoms with Crippen LogP contribution < -0.4 is 5.32 Å². The zero-order valence-corrected chi connectivity index (χ0v) is 16.8. The predicted octanol–water partition coefficient (Wildman–Crippen LogP) is 1.34. The second kappa shape index (κ2) is 10.6. The van der Waals surface area contributed by atoms with Crippen molar-refractivity contribution in [1.29, 1.82) is 5.26 Å². The van der Waals surface area contributed by atoms with Crippen molar-refractivity contribution in [2.75, 3.05) is 45.8 Å². The second-order valence-electron chi connectivity index (χ2n) is 7.52. The lowest BCUT2D eigenvalue weighted by molar-refractivity contribution is -0.128. The molecule has 1 N–H and O–H groups in total. The van der Waals surface area contributed by atoms with Crippen molar-refractivity contribution in [2.24, 2.45) is 0 Å². The van der Waals surface area contributed by atoms with Gasteiger partial charge >= 0.3 is 0 Å². The van der Waals surface area contributed by atoms with Gasteiger partial charge in [-0.25, -0.2) is 0 Å². The number of benzene rings is 1. The van der Waals surface area contributed by atoms with Crippen LogP contribution in [0.4, 0.5) is 0 Å². The fourth-order valence-electron chi connectivity index (χ4n) is 3.75. The summed E-state index contributed by atoms with van der Waals surface area (Å²) in [7, 11) is 0. The normalized spacial score (nSPS) is 18.0. The zero-order valence-electron chi connectivity index (χ0n) is 16.8. The fourth-order valence-corrected chi connectivity index (χ4v) is 3.75. The first-order valence-electron chi connectivity index (χ1n) is 10.3. The van der Waals surface area contributed by atoms with Gasteiger partial charge in [0.2, 0.25) is 5.91 Å². The van der Waals surface area contributed by atoms with Crippen molar-refractivity contribution in [1.82, 2.24) is 20.0 Å². The van der Waals surface area contributed by atoms with Gasteiger partial charge in [0.25, 0.3) is 5.91 Å². The van der Waals surface area contributed by atoms with E-state index in [1.54, 1.807) is 4.90 Å². The highest BCUT2D eigenvalue weighted by Crippen LogP contribution is 2.11. The van der Waals surface area contributed by atoms with Gasteiger partial charge in [-0.2, -0.15) is 5.26 Å². The Morgan fingerprint density at radius 1 is 1.14 bits per heavy atom. The van der Waals surface area contributed by atoms with Gasteiger partial charge in [-0.1, -0.05) is 30.3 Å². The Balaban J connectivity index is 1.39. The van der Waals surface area contributed by atoms with Gasteiger partial charge in [0.15, 0.2) is 0 Å². The third kappa shape index (κ3) is 6.06.